The minimum atomic E-state index is -0.878. The van der Waals surface area contributed by atoms with Gasteiger partial charge in [0.2, 0.25) is 0 Å². The van der Waals surface area contributed by atoms with Crippen molar-refractivity contribution in [2.45, 2.75) is 13.3 Å². The Hall–Kier alpha value is -2.03. The van der Waals surface area contributed by atoms with Crippen LogP contribution in [0, 0.1) is 6.92 Å². The van der Waals surface area contributed by atoms with E-state index in [-0.39, 0.29) is 6.42 Å². The third-order valence-corrected chi connectivity index (χ3v) is 2.39. The Balaban J connectivity index is 2.34. The largest absolute Gasteiger partial charge is 0.481 e. The Morgan fingerprint density at radius 1 is 1.31 bits per heavy atom. The van der Waals surface area contributed by atoms with E-state index in [9.17, 15) is 4.79 Å². The minimum absolute atomic E-state index is 0.0708. The van der Waals surface area contributed by atoms with E-state index >= 15 is 0 Å². The molecule has 2 aromatic rings. The van der Waals surface area contributed by atoms with Gasteiger partial charge in [-0.1, -0.05) is 30.3 Å². The van der Waals surface area contributed by atoms with Crippen molar-refractivity contribution in [2.24, 2.45) is 0 Å². The molecule has 0 spiro atoms. The zero-order chi connectivity index (χ0) is 11.5. The second-order valence-corrected chi connectivity index (χ2v) is 3.65. The summed E-state index contributed by atoms with van der Waals surface area (Å²) in [5.74, 6) is 0.359. The van der Waals surface area contributed by atoms with Crippen LogP contribution in [0.2, 0.25) is 0 Å². The van der Waals surface area contributed by atoms with Crippen LogP contribution < -0.4 is 0 Å². The minimum Gasteiger partial charge on any atom is -0.481 e. The number of hydrogen-bond donors (Lipinski definition) is 1. The van der Waals surface area contributed by atoms with Crippen molar-refractivity contribution in [3.63, 3.8) is 0 Å². The Morgan fingerprint density at radius 2 is 2.00 bits per heavy atom. The second kappa shape index (κ2) is 4.23. The first-order chi connectivity index (χ1) is 7.66. The summed E-state index contributed by atoms with van der Waals surface area (Å²) < 4.78 is 5.53. The molecule has 3 nitrogen and oxygen atoms in total. The predicted molar refractivity (Wildman–Crippen MR) is 60.2 cm³/mol. The number of benzene rings is 1. The first-order valence-corrected chi connectivity index (χ1v) is 5.03. The molecule has 1 aromatic heterocycles. The lowest BCUT2D eigenvalue weighted by Gasteiger charge is -1.95. The summed E-state index contributed by atoms with van der Waals surface area (Å²) in [5, 5.41) is 8.71. The van der Waals surface area contributed by atoms with Crippen LogP contribution in [0.3, 0.4) is 0 Å². The van der Waals surface area contributed by atoms with Gasteiger partial charge in [-0.2, -0.15) is 0 Å². The SMILES string of the molecule is Cc1cc(-c2ccccc2)oc1CC(=O)O. The molecule has 0 saturated heterocycles. The van der Waals surface area contributed by atoms with Crippen molar-refractivity contribution < 1.29 is 14.3 Å². The summed E-state index contributed by atoms with van der Waals surface area (Å²) in [6.45, 7) is 1.86. The lowest BCUT2D eigenvalue weighted by molar-refractivity contribution is -0.136. The Labute approximate surface area is 93.3 Å². The normalized spacial score (nSPS) is 10.3. The van der Waals surface area contributed by atoms with Crippen LogP contribution in [0.4, 0.5) is 0 Å². The summed E-state index contributed by atoms with van der Waals surface area (Å²) in [4.78, 5) is 10.6. The number of carbonyl (C=O) groups is 1. The van der Waals surface area contributed by atoms with E-state index in [4.69, 9.17) is 9.52 Å². The highest BCUT2D eigenvalue weighted by molar-refractivity contribution is 5.70. The predicted octanol–water partition coefficient (Wildman–Crippen LogP) is 2.88. The maximum Gasteiger partial charge on any atom is 0.311 e. The van der Waals surface area contributed by atoms with Crippen molar-refractivity contribution in [1.29, 1.82) is 0 Å². The average Bonchev–Trinajstić information content (AvgIpc) is 2.61. The van der Waals surface area contributed by atoms with Gasteiger partial charge in [-0.15, -0.1) is 0 Å². The van der Waals surface area contributed by atoms with E-state index in [2.05, 4.69) is 0 Å². The molecule has 0 saturated carbocycles. The van der Waals surface area contributed by atoms with Gasteiger partial charge in [0.25, 0.3) is 0 Å². The van der Waals surface area contributed by atoms with E-state index < -0.39 is 5.97 Å². The molecule has 0 bridgehead atoms. The van der Waals surface area contributed by atoms with Crippen LogP contribution in [0.25, 0.3) is 11.3 Å². The number of carboxylic acid groups (broad SMARTS) is 1. The first-order valence-electron chi connectivity index (χ1n) is 5.03. The van der Waals surface area contributed by atoms with Crippen molar-refractivity contribution in [3.8, 4) is 11.3 Å². The molecule has 0 aliphatic carbocycles. The molecule has 0 amide bonds. The molecule has 0 atom stereocenters. The van der Waals surface area contributed by atoms with Gasteiger partial charge in [0, 0.05) is 5.56 Å². The highest BCUT2D eigenvalue weighted by Gasteiger charge is 2.11. The number of aryl methyl sites for hydroxylation is 1. The van der Waals surface area contributed by atoms with E-state index in [0.717, 1.165) is 11.1 Å². The first kappa shape index (κ1) is 10.5. The van der Waals surface area contributed by atoms with Crippen molar-refractivity contribution >= 4 is 5.97 Å². The molecule has 1 N–H and O–H groups in total. The van der Waals surface area contributed by atoms with Gasteiger partial charge in [0.15, 0.2) is 0 Å². The van der Waals surface area contributed by atoms with E-state index in [1.165, 1.54) is 0 Å². The fourth-order valence-corrected chi connectivity index (χ4v) is 1.58. The number of rotatable bonds is 3. The summed E-state index contributed by atoms with van der Waals surface area (Å²) in [6, 6.07) is 11.5. The van der Waals surface area contributed by atoms with Gasteiger partial charge in [-0.05, 0) is 18.6 Å². The summed E-state index contributed by atoms with van der Waals surface area (Å²) in [5.41, 5.74) is 1.84. The molecule has 1 heterocycles. The van der Waals surface area contributed by atoms with Crippen LogP contribution in [-0.4, -0.2) is 11.1 Å². The van der Waals surface area contributed by atoms with Crippen LogP contribution in [0.5, 0.6) is 0 Å². The number of carboxylic acids is 1. The van der Waals surface area contributed by atoms with Gasteiger partial charge in [-0.25, -0.2) is 0 Å². The highest BCUT2D eigenvalue weighted by Crippen LogP contribution is 2.25. The monoisotopic (exact) mass is 216 g/mol. The maximum absolute atomic E-state index is 10.6. The van der Waals surface area contributed by atoms with Gasteiger partial charge in [0.05, 0.1) is 0 Å². The molecule has 0 radical (unpaired) electrons. The fraction of sp³-hybridized carbons (Fsp3) is 0.154. The third kappa shape index (κ3) is 2.14. The van der Waals surface area contributed by atoms with Crippen LogP contribution >= 0.6 is 0 Å². The summed E-state index contributed by atoms with van der Waals surface area (Å²) in [7, 11) is 0. The summed E-state index contributed by atoms with van der Waals surface area (Å²) >= 11 is 0. The molecule has 0 fully saturated rings. The summed E-state index contributed by atoms with van der Waals surface area (Å²) in [6.07, 6.45) is -0.0708. The third-order valence-electron chi connectivity index (χ3n) is 2.39. The second-order valence-electron chi connectivity index (χ2n) is 3.65. The Morgan fingerprint density at radius 3 is 2.62 bits per heavy atom. The number of furan rings is 1. The molecule has 82 valence electrons. The van der Waals surface area contributed by atoms with Gasteiger partial charge >= 0.3 is 5.97 Å². The molecular weight excluding hydrogens is 204 g/mol. The van der Waals surface area contributed by atoms with E-state index in [1.54, 1.807) is 0 Å². The number of aliphatic carboxylic acids is 1. The molecule has 3 heteroatoms. The highest BCUT2D eigenvalue weighted by atomic mass is 16.4. The molecule has 16 heavy (non-hydrogen) atoms. The standard InChI is InChI=1S/C13H12O3/c1-9-7-12(10-5-3-2-4-6-10)16-11(9)8-13(14)15/h2-7H,8H2,1H3,(H,14,15). The Kier molecular flexibility index (Phi) is 2.77. The molecule has 0 aliphatic rings. The zero-order valence-corrected chi connectivity index (χ0v) is 8.93. The number of hydrogen-bond acceptors (Lipinski definition) is 2. The quantitative estimate of drug-likeness (QED) is 0.858. The lowest BCUT2D eigenvalue weighted by Crippen LogP contribution is -1.99. The van der Waals surface area contributed by atoms with Gasteiger partial charge in [0.1, 0.15) is 17.9 Å². The van der Waals surface area contributed by atoms with Gasteiger partial charge < -0.3 is 9.52 Å². The molecular formula is C13H12O3. The van der Waals surface area contributed by atoms with E-state index in [0.29, 0.717) is 11.5 Å². The Bertz CT molecular complexity index is 497. The molecule has 0 aliphatic heterocycles. The average molecular weight is 216 g/mol. The van der Waals surface area contributed by atoms with Crippen LogP contribution in [-0.2, 0) is 11.2 Å². The van der Waals surface area contributed by atoms with Crippen LogP contribution in [0.15, 0.2) is 40.8 Å². The molecule has 2 rings (SSSR count). The van der Waals surface area contributed by atoms with Crippen molar-refractivity contribution in [2.75, 3.05) is 0 Å². The van der Waals surface area contributed by atoms with Crippen molar-refractivity contribution in [1.82, 2.24) is 0 Å². The molecule has 0 unspecified atom stereocenters. The zero-order valence-electron chi connectivity index (χ0n) is 8.93. The van der Waals surface area contributed by atoms with Crippen molar-refractivity contribution in [3.05, 3.63) is 47.7 Å². The topological polar surface area (TPSA) is 50.4 Å². The van der Waals surface area contributed by atoms with E-state index in [1.807, 2.05) is 43.3 Å². The van der Waals surface area contributed by atoms with Crippen LogP contribution in [0.1, 0.15) is 11.3 Å². The lowest BCUT2D eigenvalue weighted by atomic mass is 10.1. The smallest absolute Gasteiger partial charge is 0.311 e. The maximum atomic E-state index is 10.6. The molecule has 1 aromatic carbocycles. The van der Waals surface area contributed by atoms with Gasteiger partial charge in [-0.3, -0.25) is 4.79 Å². The fourth-order valence-electron chi connectivity index (χ4n) is 1.58.